The highest BCUT2D eigenvalue weighted by molar-refractivity contribution is 6.01. The van der Waals surface area contributed by atoms with E-state index in [0.29, 0.717) is 11.3 Å². The minimum Gasteiger partial charge on any atom is -0.497 e. The average molecular weight is 366 g/mol. The number of Topliss-reactive ketones (excluding diaryl/α,β-unsaturated/α-hetero) is 1. The molecular formula is C21H22N2O4. The summed E-state index contributed by atoms with van der Waals surface area (Å²) in [5, 5.41) is 5.29. The van der Waals surface area contributed by atoms with E-state index in [4.69, 9.17) is 4.74 Å². The van der Waals surface area contributed by atoms with Crippen LogP contribution in [0.4, 0.5) is 5.69 Å². The summed E-state index contributed by atoms with van der Waals surface area (Å²) >= 11 is 0. The molecule has 0 aromatic heterocycles. The van der Waals surface area contributed by atoms with Crippen LogP contribution in [-0.4, -0.2) is 30.7 Å². The van der Waals surface area contributed by atoms with Gasteiger partial charge in [-0.1, -0.05) is 24.3 Å². The summed E-state index contributed by atoms with van der Waals surface area (Å²) in [5.74, 6) is -0.111. The number of carbonyl (C=O) groups excluding carboxylic acids is 3. The molecule has 2 aromatic rings. The largest absolute Gasteiger partial charge is 0.497 e. The fourth-order valence-corrected chi connectivity index (χ4v) is 2.28. The van der Waals surface area contributed by atoms with Crippen LogP contribution in [0, 0.1) is 0 Å². The van der Waals surface area contributed by atoms with Crippen LogP contribution < -0.4 is 15.4 Å². The third-order valence-corrected chi connectivity index (χ3v) is 3.83. The van der Waals surface area contributed by atoms with Crippen molar-refractivity contribution in [3.05, 3.63) is 65.7 Å². The van der Waals surface area contributed by atoms with E-state index < -0.39 is 6.04 Å². The SMILES string of the molecule is COc1ccc(/C=C/C(=O)NC(C)C(=O)Nc2cccc(C(C)=O)c2)cc1. The van der Waals surface area contributed by atoms with Crippen LogP contribution in [0.2, 0.25) is 0 Å². The lowest BCUT2D eigenvalue weighted by Crippen LogP contribution is -2.40. The number of hydrogen-bond donors (Lipinski definition) is 2. The first-order valence-electron chi connectivity index (χ1n) is 8.43. The average Bonchev–Trinajstić information content (AvgIpc) is 2.66. The third kappa shape index (κ3) is 6.11. The summed E-state index contributed by atoms with van der Waals surface area (Å²) in [5.41, 5.74) is 1.85. The van der Waals surface area contributed by atoms with Crippen LogP contribution in [0.25, 0.3) is 6.08 Å². The highest BCUT2D eigenvalue weighted by Gasteiger charge is 2.14. The zero-order valence-electron chi connectivity index (χ0n) is 15.5. The lowest BCUT2D eigenvalue weighted by Gasteiger charge is -2.13. The van der Waals surface area contributed by atoms with Crippen molar-refractivity contribution >= 4 is 29.4 Å². The van der Waals surface area contributed by atoms with Gasteiger partial charge in [0.1, 0.15) is 11.8 Å². The number of ketones is 1. The topological polar surface area (TPSA) is 84.5 Å². The predicted molar refractivity (Wildman–Crippen MR) is 105 cm³/mol. The molecule has 0 fully saturated rings. The lowest BCUT2D eigenvalue weighted by molar-refractivity contribution is -0.123. The highest BCUT2D eigenvalue weighted by atomic mass is 16.5. The van der Waals surface area contributed by atoms with Gasteiger partial charge in [0.25, 0.3) is 0 Å². The number of amides is 2. The van der Waals surface area contributed by atoms with Gasteiger partial charge in [-0.15, -0.1) is 0 Å². The van der Waals surface area contributed by atoms with Gasteiger partial charge in [0.05, 0.1) is 7.11 Å². The molecule has 0 aliphatic heterocycles. The molecular weight excluding hydrogens is 344 g/mol. The summed E-state index contributed by atoms with van der Waals surface area (Å²) < 4.78 is 5.08. The Morgan fingerprint density at radius 2 is 1.78 bits per heavy atom. The Bertz CT molecular complexity index is 857. The molecule has 0 heterocycles. The second-order valence-electron chi connectivity index (χ2n) is 5.96. The van der Waals surface area contributed by atoms with Gasteiger partial charge in [-0.05, 0) is 49.8 Å². The van der Waals surface area contributed by atoms with Crippen molar-refractivity contribution in [2.24, 2.45) is 0 Å². The summed E-state index contributed by atoms with van der Waals surface area (Å²) in [6, 6.07) is 13.1. The molecule has 2 amide bonds. The molecule has 2 aromatic carbocycles. The molecule has 140 valence electrons. The second kappa shape index (κ2) is 9.33. The molecule has 0 radical (unpaired) electrons. The maximum Gasteiger partial charge on any atom is 0.246 e. The van der Waals surface area contributed by atoms with Gasteiger partial charge < -0.3 is 15.4 Å². The Kier molecular flexibility index (Phi) is 6.88. The van der Waals surface area contributed by atoms with Crippen molar-refractivity contribution in [2.75, 3.05) is 12.4 Å². The first-order chi connectivity index (χ1) is 12.9. The Morgan fingerprint density at radius 1 is 1.07 bits per heavy atom. The number of methoxy groups -OCH3 is 1. The monoisotopic (exact) mass is 366 g/mol. The van der Waals surface area contributed by atoms with Crippen molar-refractivity contribution in [3.8, 4) is 5.75 Å². The molecule has 0 aliphatic carbocycles. The van der Waals surface area contributed by atoms with Crippen LogP contribution in [-0.2, 0) is 9.59 Å². The van der Waals surface area contributed by atoms with Crippen LogP contribution in [0.15, 0.2) is 54.6 Å². The van der Waals surface area contributed by atoms with Crippen LogP contribution in [0.1, 0.15) is 29.8 Å². The van der Waals surface area contributed by atoms with Crippen molar-refractivity contribution in [1.82, 2.24) is 5.32 Å². The molecule has 6 nitrogen and oxygen atoms in total. The fourth-order valence-electron chi connectivity index (χ4n) is 2.28. The van der Waals surface area contributed by atoms with E-state index >= 15 is 0 Å². The standard InChI is InChI=1S/C21H22N2O4/c1-14(21(26)23-18-6-4-5-17(13-18)15(2)24)22-20(25)12-9-16-7-10-19(27-3)11-8-16/h4-14H,1-3H3,(H,22,25)(H,23,26)/b12-9+. The fraction of sp³-hybridized carbons (Fsp3) is 0.190. The number of ether oxygens (including phenoxy) is 1. The molecule has 2 N–H and O–H groups in total. The smallest absolute Gasteiger partial charge is 0.246 e. The first kappa shape index (κ1) is 19.9. The third-order valence-electron chi connectivity index (χ3n) is 3.83. The van der Waals surface area contributed by atoms with Crippen molar-refractivity contribution in [1.29, 1.82) is 0 Å². The second-order valence-corrected chi connectivity index (χ2v) is 5.96. The van der Waals surface area contributed by atoms with Gasteiger partial charge in [0.15, 0.2) is 5.78 Å². The molecule has 0 saturated carbocycles. The number of nitrogens with one attached hydrogen (secondary N) is 2. The molecule has 27 heavy (non-hydrogen) atoms. The van der Waals surface area contributed by atoms with Gasteiger partial charge in [0, 0.05) is 17.3 Å². The van der Waals surface area contributed by atoms with E-state index in [1.807, 2.05) is 12.1 Å². The van der Waals surface area contributed by atoms with E-state index in [9.17, 15) is 14.4 Å². The van der Waals surface area contributed by atoms with Crippen molar-refractivity contribution < 1.29 is 19.1 Å². The van der Waals surface area contributed by atoms with Gasteiger partial charge >= 0.3 is 0 Å². The number of anilines is 1. The zero-order chi connectivity index (χ0) is 19.8. The van der Waals surface area contributed by atoms with E-state index in [0.717, 1.165) is 11.3 Å². The van der Waals surface area contributed by atoms with Crippen molar-refractivity contribution in [3.63, 3.8) is 0 Å². The number of carbonyl (C=O) groups is 3. The van der Waals surface area contributed by atoms with Crippen LogP contribution in [0.5, 0.6) is 5.75 Å². The quantitative estimate of drug-likeness (QED) is 0.583. The van der Waals surface area contributed by atoms with Crippen LogP contribution >= 0.6 is 0 Å². The molecule has 0 saturated heterocycles. The van der Waals surface area contributed by atoms with Gasteiger partial charge in [-0.2, -0.15) is 0 Å². The van der Waals surface area contributed by atoms with Crippen molar-refractivity contribution in [2.45, 2.75) is 19.9 Å². The molecule has 0 spiro atoms. The Hall–Kier alpha value is -3.41. The Balaban J connectivity index is 1.91. The zero-order valence-corrected chi connectivity index (χ0v) is 15.5. The first-order valence-corrected chi connectivity index (χ1v) is 8.43. The molecule has 6 heteroatoms. The predicted octanol–water partition coefficient (Wildman–Crippen LogP) is 3.05. The lowest BCUT2D eigenvalue weighted by atomic mass is 10.1. The minimum absolute atomic E-state index is 0.0869. The molecule has 1 atom stereocenters. The van der Waals surface area contributed by atoms with E-state index in [1.165, 1.54) is 13.0 Å². The number of rotatable bonds is 7. The summed E-state index contributed by atoms with van der Waals surface area (Å²) in [7, 11) is 1.58. The van der Waals surface area contributed by atoms with Gasteiger partial charge in [-0.3, -0.25) is 14.4 Å². The summed E-state index contributed by atoms with van der Waals surface area (Å²) in [4.78, 5) is 35.6. The van der Waals surface area contributed by atoms with Gasteiger partial charge in [-0.25, -0.2) is 0 Å². The molecule has 0 aliphatic rings. The van der Waals surface area contributed by atoms with E-state index in [1.54, 1.807) is 56.5 Å². The van der Waals surface area contributed by atoms with Crippen LogP contribution in [0.3, 0.4) is 0 Å². The summed E-state index contributed by atoms with van der Waals surface area (Å²) in [6.45, 7) is 3.04. The van der Waals surface area contributed by atoms with Gasteiger partial charge in [0.2, 0.25) is 11.8 Å². The maximum absolute atomic E-state index is 12.2. The maximum atomic E-state index is 12.2. The normalized spacial score (nSPS) is 11.7. The minimum atomic E-state index is -0.737. The number of hydrogen-bond acceptors (Lipinski definition) is 4. The summed E-state index contributed by atoms with van der Waals surface area (Å²) in [6.07, 6.45) is 3.01. The van der Waals surface area contributed by atoms with E-state index in [-0.39, 0.29) is 17.6 Å². The molecule has 1 unspecified atom stereocenters. The molecule has 0 bridgehead atoms. The Labute approximate surface area is 158 Å². The molecule has 2 rings (SSSR count). The number of benzene rings is 2. The van der Waals surface area contributed by atoms with E-state index in [2.05, 4.69) is 10.6 Å². The Morgan fingerprint density at radius 3 is 2.41 bits per heavy atom. The highest BCUT2D eigenvalue weighted by Crippen LogP contribution is 2.13.